The van der Waals surface area contributed by atoms with Crippen molar-refractivity contribution >= 4 is 17.6 Å². The first-order valence-corrected chi connectivity index (χ1v) is 8.92. The molecule has 0 saturated heterocycles. The van der Waals surface area contributed by atoms with Crippen LogP contribution in [0.15, 0.2) is 48.5 Å². The van der Waals surface area contributed by atoms with Crippen molar-refractivity contribution in [2.24, 2.45) is 0 Å². The SMILES string of the molecule is CCCCOC(=O)c1ccc(NC(=O)C(C)Oc2ccc(OC)cc2)cc1. The fraction of sp³-hybridized carbons (Fsp3) is 0.333. The number of unbranched alkanes of at least 4 members (excludes halogenated alkanes) is 1. The van der Waals surface area contributed by atoms with E-state index in [0.717, 1.165) is 12.8 Å². The average molecular weight is 371 g/mol. The van der Waals surface area contributed by atoms with E-state index < -0.39 is 6.10 Å². The fourth-order valence-corrected chi connectivity index (χ4v) is 2.24. The number of rotatable bonds is 9. The van der Waals surface area contributed by atoms with Crippen molar-refractivity contribution in [2.45, 2.75) is 32.8 Å². The molecule has 0 fully saturated rings. The average Bonchev–Trinajstić information content (AvgIpc) is 2.69. The Bertz CT molecular complexity index is 740. The molecular formula is C21H25NO5. The van der Waals surface area contributed by atoms with Gasteiger partial charge < -0.3 is 19.5 Å². The van der Waals surface area contributed by atoms with Crippen LogP contribution in [-0.2, 0) is 9.53 Å². The molecule has 1 N–H and O–H groups in total. The number of anilines is 1. The zero-order valence-electron chi connectivity index (χ0n) is 15.9. The molecule has 6 heteroatoms. The lowest BCUT2D eigenvalue weighted by Crippen LogP contribution is -2.30. The molecule has 0 saturated carbocycles. The summed E-state index contributed by atoms with van der Waals surface area (Å²) >= 11 is 0. The lowest BCUT2D eigenvalue weighted by molar-refractivity contribution is -0.122. The van der Waals surface area contributed by atoms with E-state index in [4.69, 9.17) is 14.2 Å². The maximum absolute atomic E-state index is 12.3. The lowest BCUT2D eigenvalue weighted by atomic mass is 10.2. The van der Waals surface area contributed by atoms with Crippen LogP contribution in [-0.4, -0.2) is 31.7 Å². The molecule has 0 aromatic heterocycles. The molecule has 6 nitrogen and oxygen atoms in total. The Morgan fingerprint density at radius 2 is 1.63 bits per heavy atom. The van der Waals surface area contributed by atoms with Gasteiger partial charge in [0.2, 0.25) is 0 Å². The first kappa shape index (κ1) is 20.3. The van der Waals surface area contributed by atoms with Gasteiger partial charge in [0.25, 0.3) is 5.91 Å². The molecule has 0 aliphatic heterocycles. The lowest BCUT2D eigenvalue weighted by Gasteiger charge is -2.15. The van der Waals surface area contributed by atoms with Gasteiger partial charge in [-0.1, -0.05) is 13.3 Å². The smallest absolute Gasteiger partial charge is 0.338 e. The third kappa shape index (κ3) is 6.33. The van der Waals surface area contributed by atoms with Crippen LogP contribution in [0.2, 0.25) is 0 Å². The highest BCUT2D eigenvalue weighted by Crippen LogP contribution is 2.19. The highest BCUT2D eigenvalue weighted by Gasteiger charge is 2.15. The van der Waals surface area contributed by atoms with Gasteiger partial charge in [0.15, 0.2) is 6.10 Å². The van der Waals surface area contributed by atoms with E-state index in [1.165, 1.54) is 0 Å². The summed E-state index contributed by atoms with van der Waals surface area (Å²) in [7, 11) is 1.59. The number of hydrogen-bond acceptors (Lipinski definition) is 5. The van der Waals surface area contributed by atoms with Crippen LogP contribution in [0.3, 0.4) is 0 Å². The zero-order chi connectivity index (χ0) is 19.6. The summed E-state index contributed by atoms with van der Waals surface area (Å²) in [6, 6.07) is 13.6. The van der Waals surface area contributed by atoms with Gasteiger partial charge in [-0.15, -0.1) is 0 Å². The van der Waals surface area contributed by atoms with Crippen LogP contribution < -0.4 is 14.8 Å². The van der Waals surface area contributed by atoms with Crippen LogP contribution in [0, 0.1) is 0 Å². The van der Waals surface area contributed by atoms with Crippen LogP contribution in [0.5, 0.6) is 11.5 Å². The third-order valence-corrected chi connectivity index (χ3v) is 3.86. The largest absolute Gasteiger partial charge is 0.497 e. The number of amides is 1. The summed E-state index contributed by atoms with van der Waals surface area (Å²) in [5.41, 5.74) is 1.03. The molecule has 1 amide bonds. The number of ether oxygens (including phenoxy) is 3. The quantitative estimate of drug-likeness (QED) is 0.531. The van der Waals surface area contributed by atoms with E-state index in [2.05, 4.69) is 5.32 Å². The molecular weight excluding hydrogens is 346 g/mol. The van der Waals surface area contributed by atoms with Gasteiger partial charge in [0.1, 0.15) is 11.5 Å². The van der Waals surface area contributed by atoms with Gasteiger partial charge in [-0.3, -0.25) is 4.79 Å². The van der Waals surface area contributed by atoms with E-state index in [0.29, 0.717) is 29.4 Å². The number of benzene rings is 2. The summed E-state index contributed by atoms with van der Waals surface area (Å²) in [5, 5.41) is 2.76. The maximum atomic E-state index is 12.3. The maximum Gasteiger partial charge on any atom is 0.338 e. The number of esters is 1. The van der Waals surface area contributed by atoms with Crippen molar-refractivity contribution in [1.82, 2.24) is 0 Å². The van der Waals surface area contributed by atoms with Gasteiger partial charge in [-0.05, 0) is 61.9 Å². The number of methoxy groups -OCH3 is 1. The Morgan fingerprint density at radius 3 is 2.22 bits per heavy atom. The number of nitrogens with one attached hydrogen (secondary N) is 1. The summed E-state index contributed by atoms with van der Waals surface area (Å²) in [5.74, 6) is 0.637. The topological polar surface area (TPSA) is 73.9 Å². The van der Waals surface area contributed by atoms with E-state index >= 15 is 0 Å². The molecule has 0 aliphatic rings. The summed E-state index contributed by atoms with van der Waals surface area (Å²) in [6.45, 7) is 4.11. The highest BCUT2D eigenvalue weighted by atomic mass is 16.5. The molecule has 0 spiro atoms. The number of hydrogen-bond donors (Lipinski definition) is 1. The summed E-state index contributed by atoms with van der Waals surface area (Å²) in [4.78, 5) is 24.2. The summed E-state index contributed by atoms with van der Waals surface area (Å²) in [6.07, 6.45) is 1.12. The Balaban J connectivity index is 1.87. The monoisotopic (exact) mass is 371 g/mol. The molecule has 0 aliphatic carbocycles. The minimum Gasteiger partial charge on any atom is -0.497 e. The third-order valence-electron chi connectivity index (χ3n) is 3.86. The minimum absolute atomic E-state index is 0.288. The molecule has 144 valence electrons. The molecule has 2 rings (SSSR count). The van der Waals surface area contributed by atoms with Crippen LogP contribution in [0.1, 0.15) is 37.0 Å². The number of carbonyl (C=O) groups excluding carboxylic acids is 2. The fourth-order valence-electron chi connectivity index (χ4n) is 2.24. The minimum atomic E-state index is -0.683. The first-order valence-electron chi connectivity index (χ1n) is 8.92. The van der Waals surface area contributed by atoms with E-state index in [-0.39, 0.29) is 11.9 Å². The second-order valence-electron chi connectivity index (χ2n) is 5.99. The second kappa shape index (κ2) is 10.2. The van der Waals surface area contributed by atoms with Crippen molar-refractivity contribution < 1.29 is 23.8 Å². The van der Waals surface area contributed by atoms with Gasteiger partial charge >= 0.3 is 5.97 Å². The standard InChI is InChI=1S/C21H25NO5/c1-4-5-14-26-21(24)16-6-8-17(9-7-16)22-20(23)15(2)27-19-12-10-18(25-3)11-13-19/h6-13,15H,4-5,14H2,1-3H3,(H,22,23). The van der Waals surface area contributed by atoms with Crippen molar-refractivity contribution in [3.63, 3.8) is 0 Å². The van der Waals surface area contributed by atoms with Gasteiger partial charge in [-0.2, -0.15) is 0 Å². The van der Waals surface area contributed by atoms with E-state index in [9.17, 15) is 9.59 Å². The molecule has 0 radical (unpaired) electrons. The Labute approximate surface area is 159 Å². The molecule has 0 heterocycles. The van der Waals surface area contributed by atoms with Crippen LogP contribution >= 0.6 is 0 Å². The number of carbonyl (C=O) groups is 2. The predicted molar refractivity (Wildman–Crippen MR) is 103 cm³/mol. The molecule has 2 aromatic rings. The molecule has 1 atom stereocenters. The predicted octanol–water partition coefficient (Wildman–Crippen LogP) is 4.06. The highest BCUT2D eigenvalue weighted by molar-refractivity contribution is 5.95. The Hall–Kier alpha value is -3.02. The Morgan fingerprint density at radius 1 is 1.00 bits per heavy atom. The van der Waals surface area contributed by atoms with Gasteiger partial charge in [0.05, 0.1) is 19.3 Å². The van der Waals surface area contributed by atoms with Crippen molar-refractivity contribution in [3.05, 3.63) is 54.1 Å². The van der Waals surface area contributed by atoms with Crippen LogP contribution in [0.4, 0.5) is 5.69 Å². The van der Waals surface area contributed by atoms with Crippen molar-refractivity contribution in [2.75, 3.05) is 19.0 Å². The van der Waals surface area contributed by atoms with Gasteiger partial charge in [0, 0.05) is 5.69 Å². The molecule has 27 heavy (non-hydrogen) atoms. The second-order valence-corrected chi connectivity index (χ2v) is 5.99. The molecule has 0 bridgehead atoms. The zero-order valence-corrected chi connectivity index (χ0v) is 15.9. The van der Waals surface area contributed by atoms with Crippen molar-refractivity contribution in [3.8, 4) is 11.5 Å². The van der Waals surface area contributed by atoms with Crippen LogP contribution in [0.25, 0.3) is 0 Å². The van der Waals surface area contributed by atoms with Crippen molar-refractivity contribution in [1.29, 1.82) is 0 Å². The molecule has 1 unspecified atom stereocenters. The normalized spacial score (nSPS) is 11.4. The Kier molecular flexibility index (Phi) is 7.67. The first-order chi connectivity index (χ1) is 13.0. The van der Waals surface area contributed by atoms with E-state index in [1.807, 2.05) is 6.92 Å². The summed E-state index contributed by atoms with van der Waals surface area (Å²) < 4.78 is 15.9. The van der Waals surface area contributed by atoms with E-state index in [1.54, 1.807) is 62.6 Å². The molecule has 2 aromatic carbocycles. The van der Waals surface area contributed by atoms with Gasteiger partial charge in [-0.25, -0.2) is 4.79 Å².